The lowest BCUT2D eigenvalue weighted by atomic mass is 9.98. The van der Waals surface area contributed by atoms with Crippen LogP contribution in [0.1, 0.15) is 59.3 Å². The van der Waals surface area contributed by atoms with E-state index in [2.05, 4.69) is 32.0 Å². The number of carbonyl (C=O) groups is 2. The number of nitrogen functional groups attached to an aromatic ring is 2. The van der Waals surface area contributed by atoms with Crippen LogP contribution in [0.2, 0.25) is 5.15 Å². The number of aryl methyl sites for hydroxylation is 2. The van der Waals surface area contributed by atoms with Crippen LogP contribution < -0.4 is 33.2 Å². The summed E-state index contributed by atoms with van der Waals surface area (Å²) in [5.74, 6) is -1.64. The van der Waals surface area contributed by atoms with E-state index in [1.165, 1.54) is 0 Å². The van der Waals surface area contributed by atoms with Crippen LogP contribution in [0.5, 0.6) is 0 Å². The van der Waals surface area contributed by atoms with Crippen LogP contribution >= 0.6 is 11.6 Å². The van der Waals surface area contributed by atoms with Gasteiger partial charge in [-0.25, -0.2) is 9.97 Å². The zero-order valence-electron chi connectivity index (χ0n) is 38.1. The van der Waals surface area contributed by atoms with Gasteiger partial charge in [-0.05, 0) is 84.7 Å². The largest absolute Gasteiger partial charge is 0.394 e. The number of aliphatic hydroxyl groups excluding tert-OH is 10. The van der Waals surface area contributed by atoms with Crippen molar-refractivity contribution >= 4 is 57.5 Å². The molecule has 0 aliphatic heterocycles. The summed E-state index contributed by atoms with van der Waals surface area (Å²) in [6.07, 6.45) is -9.42. The number of aromatic nitrogens is 2. The van der Waals surface area contributed by atoms with E-state index in [0.29, 0.717) is 31.5 Å². The SMILES string of the molecule is N=C(NCCCCc1ccc2cc(C[C@H](N)C(=O)Nc3ccc(CCCN(C[C@H](O)C[C@@H](O)[C@H](O)C[C@H](O)CO)C[C@H](O)[C@@H](O)[C@H](O)[C@H](O)CO)cc3)ccc2c1)NC(=O)c1nc(Cl)c(N)nc1N. The number of hydrogen-bond donors (Lipinski definition) is 17. The zero-order chi connectivity index (χ0) is 50.8. The van der Waals surface area contributed by atoms with E-state index >= 15 is 0 Å². The number of unbranched alkanes of at least 4 members (excludes halogenated alkanes) is 1. The number of fused-ring (bicyclic) bond motifs is 1. The summed E-state index contributed by atoms with van der Waals surface area (Å²) in [4.78, 5) is 34.7. The van der Waals surface area contributed by atoms with Gasteiger partial charge in [0.15, 0.2) is 28.4 Å². The summed E-state index contributed by atoms with van der Waals surface area (Å²) in [5, 5.41) is 118. The van der Waals surface area contributed by atoms with Crippen LogP contribution in [-0.4, -0.2) is 178 Å². The Labute approximate surface area is 404 Å². The van der Waals surface area contributed by atoms with E-state index in [0.717, 1.165) is 46.7 Å². The molecule has 2 amide bonds. The maximum absolute atomic E-state index is 13.1. The van der Waals surface area contributed by atoms with Gasteiger partial charge in [-0.1, -0.05) is 60.1 Å². The second kappa shape index (κ2) is 27.9. The molecule has 20 N–H and O–H groups in total. The van der Waals surface area contributed by atoms with Gasteiger partial charge in [0, 0.05) is 38.2 Å². The molecule has 4 aromatic rings. The van der Waals surface area contributed by atoms with E-state index in [1.807, 2.05) is 42.5 Å². The third-order valence-electron chi connectivity index (χ3n) is 11.4. The van der Waals surface area contributed by atoms with Crippen molar-refractivity contribution in [1.29, 1.82) is 5.41 Å². The molecule has 3 aromatic carbocycles. The van der Waals surface area contributed by atoms with Crippen LogP contribution in [-0.2, 0) is 24.1 Å². The van der Waals surface area contributed by atoms with Gasteiger partial charge in [0.05, 0.1) is 49.8 Å². The number of nitrogens with zero attached hydrogens (tertiary/aromatic N) is 3. The number of nitrogens with one attached hydrogen (secondary N) is 4. The van der Waals surface area contributed by atoms with Gasteiger partial charge in [0.25, 0.3) is 5.91 Å². The van der Waals surface area contributed by atoms with Crippen molar-refractivity contribution in [3.63, 3.8) is 0 Å². The summed E-state index contributed by atoms with van der Waals surface area (Å²) < 4.78 is 0. The highest BCUT2D eigenvalue weighted by molar-refractivity contribution is 6.31. The van der Waals surface area contributed by atoms with Crippen molar-refractivity contribution in [1.82, 2.24) is 25.5 Å². The fourth-order valence-electron chi connectivity index (χ4n) is 7.48. The van der Waals surface area contributed by atoms with E-state index in [4.69, 9.17) is 44.4 Å². The van der Waals surface area contributed by atoms with Gasteiger partial charge in [0.1, 0.15) is 18.3 Å². The van der Waals surface area contributed by atoms with Crippen LogP contribution in [0, 0.1) is 5.41 Å². The Balaban J connectivity index is 1.22. The molecule has 0 spiro atoms. The molecule has 0 fully saturated rings. The molecule has 0 bridgehead atoms. The lowest BCUT2D eigenvalue weighted by Crippen LogP contribution is -2.51. The Bertz CT molecular complexity index is 2270. The number of nitrogens with two attached hydrogens (primary N) is 3. The number of guanidine groups is 1. The van der Waals surface area contributed by atoms with Gasteiger partial charge in [-0.3, -0.25) is 25.2 Å². The summed E-state index contributed by atoms with van der Waals surface area (Å²) >= 11 is 5.84. The molecule has 1 heterocycles. The van der Waals surface area contributed by atoms with Crippen molar-refractivity contribution < 1.29 is 60.7 Å². The lowest BCUT2D eigenvalue weighted by Gasteiger charge is -2.32. The Kier molecular flexibility index (Phi) is 22.8. The Morgan fingerprint density at radius 2 is 1.29 bits per heavy atom. The molecule has 380 valence electrons. The number of halogens is 1. The second-order valence-corrected chi connectivity index (χ2v) is 17.5. The van der Waals surface area contributed by atoms with Gasteiger partial charge >= 0.3 is 0 Å². The number of benzene rings is 3. The molecule has 0 aliphatic rings. The number of rotatable bonds is 28. The molecule has 69 heavy (non-hydrogen) atoms. The summed E-state index contributed by atoms with van der Waals surface area (Å²) in [5.41, 5.74) is 20.8. The second-order valence-electron chi connectivity index (χ2n) is 17.1. The molecule has 9 atom stereocenters. The van der Waals surface area contributed by atoms with Crippen molar-refractivity contribution in [2.75, 3.05) is 56.2 Å². The summed E-state index contributed by atoms with van der Waals surface area (Å²) in [6, 6.07) is 18.4. The fourth-order valence-corrected chi connectivity index (χ4v) is 7.60. The molecule has 4 rings (SSSR count). The topological polar surface area (TPSA) is 403 Å². The number of carbonyl (C=O) groups excluding carboxylic acids is 2. The molecule has 0 aliphatic carbocycles. The van der Waals surface area contributed by atoms with Crippen LogP contribution in [0.15, 0.2) is 60.7 Å². The Morgan fingerprint density at radius 3 is 1.94 bits per heavy atom. The lowest BCUT2D eigenvalue weighted by molar-refractivity contribution is -0.120. The number of hydrogen-bond acceptors (Lipinski definition) is 19. The van der Waals surface area contributed by atoms with E-state index in [-0.39, 0.29) is 66.8 Å². The zero-order valence-corrected chi connectivity index (χ0v) is 38.9. The normalized spacial score (nSPS) is 15.7. The summed E-state index contributed by atoms with van der Waals surface area (Å²) in [7, 11) is 0. The van der Waals surface area contributed by atoms with Gasteiger partial charge < -0.3 is 78.9 Å². The first-order valence-corrected chi connectivity index (χ1v) is 22.9. The number of anilines is 3. The first-order valence-electron chi connectivity index (χ1n) is 22.6. The molecule has 1 aromatic heterocycles. The standard InChI is InChI=1S/C46H67ClN10O12/c47-41-43(50)55-42(49)38(54-41)45(69)56-46(51)52-14-2-1-4-26-6-10-29-17-27(7-11-28(29)16-26)18-33(48)44(68)53-30-12-8-25(9-13-30)5-3-15-57(22-36(64)39(66)40(67)37(65)24-59)21-31(60)19-34(62)35(63)20-32(61)23-58/h6-13,16-17,31-37,39-40,58-67H,1-5,14-15,18-24,48H2,(H,53,68)(H4,49,50,55)(H3,51,52,56,69)/t31-,32+,33+,34-,35-,36+,37-,39-,40-/m1/s1. The highest BCUT2D eigenvalue weighted by Crippen LogP contribution is 2.22. The Morgan fingerprint density at radius 1 is 0.696 bits per heavy atom. The van der Waals surface area contributed by atoms with Gasteiger partial charge in [-0.15, -0.1) is 0 Å². The highest BCUT2D eigenvalue weighted by atomic mass is 35.5. The maximum Gasteiger partial charge on any atom is 0.280 e. The van der Waals surface area contributed by atoms with E-state index in [9.17, 15) is 50.4 Å². The molecule has 23 heteroatoms. The smallest absolute Gasteiger partial charge is 0.280 e. The molecular weight excluding hydrogens is 920 g/mol. The first kappa shape index (κ1) is 56.4. The molecule has 0 unspecified atom stereocenters. The van der Waals surface area contributed by atoms with Crippen LogP contribution in [0.25, 0.3) is 10.8 Å². The van der Waals surface area contributed by atoms with Crippen molar-refractivity contribution in [3.05, 3.63) is 88.2 Å². The number of aliphatic hydroxyl groups is 10. The average molecular weight is 988 g/mol. The monoisotopic (exact) mass is 986 g/mol. The van der Waals surface area contributed by atoms with Crippen LogP contribution in [0.3, 0.4) is 0 Å². The van der Waals surface area contributed by atoms with E-state index in [1.54, 1.807) is 17.0 Å². The predicted molar refractivity (Wildman–Crippen MR) is 259 cm³/mol. The quantitative estimate of drug-likeness (QED) is 0.0168. The first-order chi connectivity index (χ1) is 32.8. The molecular formula is C46H67ClN10O12. The molecule has 0 radical (unpaired) electrons. The number of amides is 2. The van der Waals surface area contributed by atoms with Gasteiger partial charge in [0.2, 0.25) is 5.91 Å². The summed E-state index contributed by atoms with van der Waals surface area (Å²) in [6.45, 7) is -1.20. The Hall–Kier alpha value is -5.18. The highest BCUT2D eigenvalue weighted by Gasteiger charge is 2.32. The minimum atomic E-state index is -1.86. The molecule has 0 saturated carbocycles. The van der Waals surface area contributed by atoms with Crippen LogP contribution in [0.4, 0.5) is 17.3 Å². The molecule has 0 saturated heterocycles. The minimum absolute atomic E-state index is 0.104. The third-order valence-corrected chi connectivity index (χ3v) is 11.7. The average Bonchev–Trinajstić information content (AvgIpc) is 3.31. The third kappa shape index (κ3) is 18.3. The van der Waals surface area contributed by atoms with Crippen molar-refractivity contribution in [2.45, 2.75) is 106 Å². The molecule has 22 nitrogen and oxygen atoms in total. The fraction of sp³-hybridized carbons (Fsp3) is 0.500. The van der Waals surface area contributed by atoms with Crippen molar-refractivity contribution in [2.24, 2.45) is 5.73 Å². The van der Waals surface area contributed by atoms with Gasteiger partial charge in [-0.2, -0.15) is 0 Å². The van der Waals surface area contributed by atoms with E-state index < -0.39 is 74.0 Å². The van der Waals surface area contributed by atoms with Crippen molar-refractivity contribution in [3.8, 4) is 0 Å². The maximum atomic E-state index is 13.1. The predicted octanol–water partition coefficient (Wildman–Crippen LogP) is -1.88. The minimum Gasteiger partial charge on any atom is -0.394 e.